The second kappa shape index (κ2) is 7.03. The molecule has 0 bridgehead atoms. The largest absolute Gasteiger partial charge is 0.481 e. The fraction of sp³-hybridized carbons (Fsp3) is 0.846. The molecule has 0 aromatic carbocycles. The maximum Gasteiger partial charge on any atom is 0.410 e. The van der Waals surface area contributed by atoms with E-state index in [-0.39, 0.29) is 11.8 Å². The summed E-state index contributed by atoms with van der Waals surface area (Å²) in [4.78, 5) is 24.1. The minimum atomic E-state index is -0.787. The van der Waals surface area contributed by atoms with Crippen LogP contribution < -0.4 is 0 Å². The third-order valence-electron chi connectivity index (χ3n) is 2.75. The highest BCUT2D eigenvalue weighted by molar-refractivity contribution is 7.99. The summed E-state index contributed by atoms with van der Waals surface area (Å²) in [5.41, 5.74) is -0.470. The number of likely N-dealkylation sites (tertiary alicyclic amines) is 1. The zero-order valence-electron chi connectivity index (χ0n) is 11.8. The summed E-state index contributed by atoms with van der Waals surface area (Å²) >= 11 is 1.42. The number of rotatable bonds is 4. The monoisotopic (exact) mass is 289 g/mol. The molecule has 0 radical (unpaired) electrons. The van der Waals surface area contributed by atoms with Crippen LogP contribution in [-0.4, -0.2) is 52.3 Å². The minimum absolute atomic E-state index is 0.128. The number of aliphatic carboxylic acids is 1. The van der Waals surface area contributed by atoms with Gasteiger partial charge in [0.1, 0.15) is 5.60 Å². The Balaban J connectivity index is 2.37. The molecule has 1 N–H and O–H groups in total. The molecule has 0 aromatic rings. The second-order valence-corrected chi connectivity index (χ2v) is 6.87. The molecule has 1 atom stereocenters. The number of nitrogens with zero attached hydrogens (tertiary/aromatic N) is 1. The van der Waals surface area contributed by atoms with E-state index in [0.29, 0.717) is 12.5 Å². The van der Waals surface area contributed by atoms with Gasteiger partial charge in [-0.3, -0.25) is 4.79 Å². The van der Waals surface area contributed by atoms with Crippen molar-refractivity contribution < 1.29 is 19.4 Å². The second-order valence-electron chi connectivity index (χ2n) is 5.84. The van der Waals surface area contributed by atoms with E-state index < -0.39 is 11.6 Å². The third-order valence-corrected chi connectivity index (χ3v) is 3.91. The first kappa shape index (κ1) is 16.1. The van der Waals surface area contributed by atoms with Crippen LogP contribution >= 0.6 is 11.8 Å². The summed E-state index contributed by atoms with van der Waals surface area (Å²) in [5.74, 6) is 0.490. The van der Waals surface area contributed by atoms with Crippen LogP contribution in [0.2, 0.25) is 0 Å². The normalized spacial score (nSPS) is 20.2. The van der Waals surface area contributed by atoms with Crippen LogP contribution in [0, 0.1) is 5.92 Å². The Labute approximate surface area is 118 Å². The van der Waals surface area contributed by atoms with Gasteiger partial charge in [-0.2, -0.15) is 0 Å². The molecule has 1 heterocycles. The van der Waals surface area contributed by atoms with Crippen molar-refractivity contribution in [3.8, 4) is 0 Å². The molecule has 1 aliphatic heterocycles. The summed E-state index contributed by atoms with van der Waals surface area (Å²) in [6.45, 7) is 6.97. The van der Waals surface area contributed by atoms with E-state index >= 15 is 0 Å². The van der Waals surface area contributed by atoms with Gasteiger partial charge in [0.25, 0.3) is 0 Å². The molecule has 1 rings (SSSR count). The summed E-state index contributed by atoms with van der Waals surface area (Å²) < 4.78 is 5.35. The topological polar surface area (TPSA) is 66.8 Å². The van der Waals surface area contributed by atoms with Gasteiger partial charge in [0, 0.05) is 13.1 Å². The van der Waals surface area contributed by atoms with Crippen LogP contribution in [0.1, 0.15) is 33.6 Å². The summed E-state index contributed by atoms with van der Waals surface area (Å²) in [7, 11) is 0. The fourth-order valence-corrected chi connectivity index (χ4v) is 2.90. The molecule has 1 aliphatic rings. The molecular formula is C13H23NO4S. The lowest BCUT2D eigenvalue weighted by molar-refractivity contribution is -0.133. The minimum Gasteiger partial charge on any atom is -0.481 e. The average Bonchev–Trinajstić information content (AvgIpc) is 2.26. The molecule has 0 saturated carbocycles. The Bertz CT molecular complexity index is 327. The Hall–Kier alpha value is -0.910. The van der Waals surface area contributed by atoms with E-state index in [0.717, 1.165) is 25.1 Å². The zero-order valence-corrected chi connectivity index (χ0v) is 12.7. The lowest BCUT2D eigenvalue weighted by atomic mass is 10.0. The number of carboxylic acids is 1. The van der Waals surface area contributed by atoms with E-state index in [1.807, 2.05) is 20.8 Å². The number of hydrogen-bond donors (Lipinski definition) is 1. The van der Waals surface area contributed by atoms with Crippen molar-refractivity contribution in [2.75, 3.05) is 24.6 Å². The Morgan fingerprint density at radius 1 is 1.42 bits per heavy atom. The molecule has 19 heavy (non-hydrogen) atoms. The average molecular weight is 289 g/mol. The van der Waals surface area contributed by atoms with E-state index in [4.69, 9.17) is 9.84 Å². The van der Waals surface area contributed by atoms with Crippen molar-refractivity contribution in [2.24, 2.45) is 5.92 Å². The Morgan fingerprint density at radius 3 is 2.68 bits per heavy atom. The molecule has 0 aromatic heterocycles. The van der Waals surface area contributed by atoms with Gasteiger partial charge in [0.15, 0.2) is 0 Å². The van der Waals surface area contributed by atoms with Crippen LogP contribution in [0.4, 0.5) is 4.79 Å². The van der Waals surface area contributed by atoms with Crippen molar-refractivity contribution in [1.29, 1.82) is 0 Å². The first-order valence-corrected chi connectivity index (χ1v) is 7.71. The van der Waals surface area contributed by atoms with E-state index in [1.165, 1.54) is 11.8 Å². The van der Waals surface area contributed by atoms with Gasteiger partial charge in [0.05, 0.1) is 5.75 Å². The van der Waals surface area contributed by atoms with Gasteiger partial charge in [-0.1, -0.05) is 0 Å². The number of carbonyl (C=O) groups excluding carboxylic acids is 1. The smallest absolute Gasteiger partial charge is 0.410 e. The van der Waals surface area contributed by atoms with Crippen molar-refractivity contribution in [3.05, 3.63) is 0 Å². The van der Waals surface area contributed by atoms with Gasteiger partial charge in [-0.25, -0.2) is 4.79 Å². The summed E-state index contributed by atoms with van der Waals surface area (Å²) in [6, 6.07) is 0. The fourth-order valence-electron chi connectivity index (χ4n) is 2.01. The quantitative estimate of drug-likeness (QED) is 0.861. The van der Waals surface area contributed by atoms with Crippen molar-refractivity contribution >= 4 is 23.8 Å². The van der Waals surface area contributed by atoms with Crippen LogP contribution in [0.15, 0.2) is 0 Å². The molecule has 1 fully saturated rings. The van der Waals surface area contributed by atoms with E-state index in [9.17, 15) is 9.59 Å². The highest BCUT2D eigenvalue weighted by Crippen LogP contribution is 2.22. The van der Waals surface area contributed by atoms with E-state index in [2.05, 4.69) is 0 Å². The molecular weight excluding hydrogens is 266 g/mol. The number of carboxylic acid groups (broad SMARTS) is 1. The highest BCUT2D eigenvalue weighted by Gasteiger charge is 2.27. The first-order valence-electron chi connectivity index (χ1n) is 6.55. The van der Waals surface area contributed by atoms with Crippen molar-refractivity contribution in [1.82, 2.24) is 4.90 Å². The standard InChI is InChI=1S/C13H23NO4S/c1-13(2,3)18-12(17)14-6-4-5-10(7-14)8-19-9-11(15)16/h10H,4-9H2,1-3H3,(H,15,16)/t10-/m0/s1. The predicted molar refractivity (Wildman–Crippen MR) is 75.5 cm³/mol. The number of amides is 1. The molecule has 5 nitrogen and oxygen atoms in total. The lowest BCUT2D eigenvalue weighted by Crippen LogP contribution is -2.43. The molecule has 0 aliphatic carbocycles. The predicted octanol–water partition coefficient (Wildman–Crippen LogP) is 2.45. The molecule has 0 spiro atoms. The Morgan fingerprint density at radius 2 is 2.11 bits per heavy atom. The summed E-state index contributed by atoms with van der Waals surface area (Å²) in [5, 5.41) is 8.61. The van der Waals surface area contributed by atoms with Gasteiger partial charge < -0.3 is 14.7 Å². The number of thioether (sulfide) groups is 1. The highest BCUT2D eigenvalue weighted by atomic mass is 32.2. The van der Waals surface area contributed by atoms with Crippen LogP contribution in [0.25, 0.3) is 0 Å². The van der Waals surface area contributed by atoms with Gasteiger partial charge in [0.2, 0.25) is 0 Å². The molecule has 6 heteroatoms. The van der Waals surface area contributed by atoms with Crippen molar-refractivity contribution in [3.63, 3.8) is 0 Å². The van der Waals surface area contributed by atoms with Gasteiger partial charge in [-0.05, 0) is 45.3 Å². The molecule has 0 unspecified atom stereocenters. The maximum atomic E-state index is 11.9. The SMILES string of the molecule is CC(C)(C)OC(=O)N1CCC[C@H](CSCC(=O)O)C1. The first-order chi connectivity index (χ1) is 8.78. The summed E-state index contributed by atoms with van der Waals surface area (Å²) in [6.07, 6.45) is 1.74. The Kier molecular flexibility index (Phi) is 5.97. The third kappa shape index (κ3) is 6.71. The van der Waals surface area contributed by atoms with Crippen molar-refractivity contribution in [2.45, 2.75) is 39.2 Å². The molecule has 1 amide bonds. The molecule has 110 valence electrons. The number of carbonyl (C=O) groups is 2. The van der Waals surface area contributed by atoms with Gasteiger partial charge in [-0.15, -0.1) is 11.8 Å². The zero-order chi connectivity index (χ0) is 14.5. The number of piperidine rings is 1. The number of ether oxygens (including phenoxy) is 1. The van der Waals surface area contributed by atoms with Crippen LogP contribution in [0.5, 0.6) is 0 Å². The van der Waals surface area contributed by atoms with Gasteiger partial charge >= 0.3 is 12.1 Å². The molecule has 1 saturated heterocycles. The lowest BCUT2D eigenvalue weighted by Gasteiger charge is -2.34. The van der Waals surface area contributed by atoms with Crippen LogP contribution in [0.3, 0.4) is 0 Å². The number of hydrogen-bond acceptors (Lipinski definition) is 4. The van der Waals surface area contributed by atoms with E-state index in [1.54, 1.807) is 4.90 Å². The maximum absolute atomic E-state index is 11.9. The van der Waals surface area contributed by atoms with Crippen LogP contribution in [-0.2, 0) is 9.53 Å².